The first kappa shape index (κ1) is 22.4. The van der Waals surface area contributed by atoms with Crippen molar-refractivity contribution in [3.8, 4) is 0 Å². The minimum Gasteiger partial charge on any atom is -0.361 e. The average molecular weight is 491 g/mol. The Labute approximate surface area is 192 Å². The van der Waals surface area contributed by atoms with Gasteiger partial charge in [0.2, 0.25) is 5.91 Å². The minimum atomic E-state index is -5.75. The minimum absolute atomic E-state index is 0.0276. The van der Waals surface area contributed by atoms with Crippen LogP contribution in [0.1, 0.15) is 24.2 Å². The highest BCUT2D eigenvalue weighted by molar-refractivity contribution is 7.91. The molecule has 1 aliphatic heterocycles. The zero-order valence-electron chi connectivity index (χ0n) is 17.7. The maximum atomic E-state index is 13.6. The Morgan fingerprint density at radius 2 is 2.00 bits per heavy atom. The summed E-state index contributed by atoms with van der Waals surface area (Å²) in [5.41, 5.74) is -4.02. The van der Waals surface area contributed by atoms with Gasteiger partial charge in [0, 0.05) is 29.2 Å². The molecular weight excluding hydrogens is 471 g/mol. The predicted octanol–water partition coefficient (Wildman–Crippen LogP) is 3.50. The summed E-state index contributed by atoms with van der Waals surface area (Å²) in [6.45, 7) is 0.730. The molecule has 3 heterocycles. The van der Waals surface area contributed by atoms with Crippen molar-refractivity contribution in [2.24, 2.45) is 0 Å². The SMILES string of the molecule is O=C(Nc1ccc2c(c1)nc(Cc1c[nH]c3ccccc13)n2S(=O)(=O)C(F)(F)F)[C@@H]1CCCN1. The molecule has 1 fully saturated rings. The van der Waals surface area contributed by atoms with E-state index in [-0.39, 0.29) is 39.2 Å². The third-order valence-corrected chi connectivity index (χ3v) is 7.35. The molecule has 3 N–H and O–H groups in total. The molecule has 5 rings (SSSR count). The van der Waals surface area contributed by atoms with Crippen LogP contribution >= 0.6 is 0 Å². The third-order valence-electron chi connectivity index (χ3n) is 5.88. The number of carbonyl (C=O) groups is 1. The van der Waals surface area contributed by atoms with Crippen LogP contribution in [-0.2, 0) is 21.2 Å². The first-order valence-electron chi connectivity index (χ1n) is 10.6. The lowest BCUT2D eigenvalue weighted by Crippen LogP contribution is -2.35. The zero-order valence-corrected chi connectivity index (χ0v) is 18.5. The Morgan fingerprint density at radius 1 is 1.21 bits per heavy atom. The van der Waals surface area contributed by atoms with Crippen LogP contribution in [0.4, 0.5) is 18.9 Å². The molecule has 4 aromatic rings. The number of hydrogen-bond donors (Lipinski definition) is 3. The summed E-state index contributed by atoms with van der Waals surface area (Å²) in [5.74, 6) is -0.545. The van der Waals surface area contributed by atoms with Crippen molar-refractivity contribution >= 4 is 43.6 Å². The van der Waals surface area contributed by atoms with Gasteiger partial charge in [-0.15, -0.1) is 0 Å². The summed E-state index contributed by atoms with van der Waals surface area (Å²) in [4.78, 5) is 19.7. The Morgan fingerprint density at radius 3 is 2.74 bits per heavy atom. The molecular formula is C22H20F3N5O3S. The highest BCUT2D eigenvalue weighted by Gasteiger charge is 2.49. The summed E-state index contributed by atoms with van der Waals surface area (Å²) < 4.78 is 65.9. The van der Waals surface area contributed by atoms with Gasteiger partial charge in [0.1, 0.15) is 5.82 Å². The van der Waals surface area contributed by atoms with Gasteiger partial charge in [-0.25, -0.2) is 8.96 Å². The van der Waals surface area contributed by atoms with Crippen molar-refractivity contribution in [3.63, 3.8) is 0 Å². The van der Waals surface area contributed by atoms with Crippen LogP contribution in [0.15, 0.2) is 48.7 Å². The van der Waals surface area contributed by atoms with Gasteiger partial charge < -0.3 is 15.6 Å². The molecule has 0 saturated carbocycles. The van der Waals surface area contributed by atoms with Gasteiger partial charge in [-0.2, -0.15) is 21.6 Å². The van der Waals surface area contributed by atoms with Crippen LogP contribution in [0.25, 0.3) is 21.9 Å². The molecule has 178 valence electrons. The van der Waals surface area contributed by atoms with Crippen molar-refractivity contribution in [3.05, 3.63) is 60.0 Å². The lowest BCUT2D eigenvalue weighted by atomic mass is 10.1. The molecule has 2 aromatic heterocycles. The highest BCUT2D eigenvalue weighted by atomic mass is 32.2. The lowest BCUT2D eigenvalue weighted by molar-refractivity contribution is -0.117. The van der Waals surface area contributed by atoms with Crippen LogP contribution in [0.3, 0.4) is 0 Å². The van der Waals surface area contributed by atoms with Gasteiger partial charge in [0.25, 0.3) is 0 Å². The lowest BCUT2D eigenvalue weighted by Gasteiger charge is -2.13. The predicted molar refractivity (Wildman–Crippen MR) is 121 cm³/mol. The molecule has 12 heteroatoms. The Bertz CT molecular complexity index is 1500. The fourth-order valence-corrected chi connectivity index (χ4v) is 5.26. The van der Waals surface area contributed by atoms with Crippen molar-refractivity contribution < 1.29 is 26.4 Å². The van der Waals surface area contributed by atoms with E-state index in [1.54, 1.807) is 18.3 Å². The number of nitrogens with zero attached hydrogens (tertiary/aromatic N) is 2. The Kier molecular flexibility index (Phi) is 5.36. The molecule has 0 aliphatic carbocycles. The number of nitrogens with one attached hydrogen (secondary N) is 3. The van der Waals surface area contributed by atoms with Crippen molar-refractivity contribution in [1.29, 1.82) is 0 Å². The van der Waals surface area contributed by atoms with E-state index in [1.165, 1.54) is 18.2 Å². The number of aromatic amines is 1. The molecule has 34 heavy (non-hydrogen) atoms. The van der Waals surface area contributed by atoms with Crippen LogP contribution < -0.4 is 10.6 Å². The standard InChI is InChI=1S/C22H20F3N5O3S/c23-22(24,25)34(32,33)30-19-8-7-14(28-21(31)17-6-3-9-26-17)11-18(19)29-20(30)10-13-12-27-16-5-2-1-4-15(13)16/h1-2,4-5,7-8,11-12,17,26-27H,3,6,9-10H2,(H,28,31)/t17-/m0/s1. The maximum absolute atomic E-state index is 13.6. The van der Waals surface area contributed by atoms with Gasteiger partial charge in [0.05, 0.1) is 17.1 Å². The van der Waals surface area contributed by atoms with Crippen molar-refractivity contribution in [2.75, 3.05) is 11.9 Å². The number of amides is 1. The number of imidazole rings is 1. The second kappa shape index (κ2) is 8.13. The second-order valence-corrected chi connectivity index (χ2v) is 9.90. The van der Waals surface area contributed by atoms with Crippen molar-refractivity contribution in [2.45, 2.75) is 30.8 Å². The molecule has 1 aliphatic rings. The second-order valence-electron chi connectivity index (χ2n) is 8.12. The number of carbonyl (C=O) groups excluding carboxylic acids is 1. The third kappa shape index (κ3) is 3.82. The van der Waals surface area contributed by atoms with E-state index in [4.69, 9.17) is 0 Å². The first-order valence-corrected chi connectivity index (χ1v) is 12.0. The molecule has 0 spiro atoms. The molecule has 1 amide bonds. The van der Waals surface area contributed by atoms with E-state index in [0.29, 0.717) is 17.7 Å². The van der Waals surface area contributed by atoms with Gasteiger partial charge in [-0.05, 0) is 49.2 Å². The fraction of sp³-hybridized carbons (Fsp3) is 0.273. The number of hydrogen-bond acceptors (Lipinski definition) is 5. The van der Waals surface area contributed by atoms with Gasteiger partial charge in [0.15, 0.2) is 0 Å². The topological polar surface area (TPSA) is 109 Å². The zero-order chi connectivity index (χ0) is 24.1. The number of halogens is 3. The molecule has 0 radical (unpaired) electrons. The van der Waals surface area contributed by atoms with Crippen LogP contribution in [0.2, 0.25) is 0 Å². The van der Waals surface area contributed by atoms with E-state index < -0.39 is 15.5 Å². The quantitative estimate of drug-likeness (QED) is 0.396. The molecule has 1 saturated heterocycles. The molecule has 1 atom stereocenters. The summed E-state index contributed by atoms with van der Waals surface area (Å²) in [5, 5.41) is 6.53. The summed E-state index contributed by atoms with van der Waals surface area (Å²) in [7, 11) is -5.75. The van der Waals surface area contributed by atoms with E-state index >= 15 is 0 Å². The van der Waals surface area contributed by atoms with Crippen LogP contribution in [0, 0.1) is 0 Å². The molecule has 2 aromatic carbocycles. The number of H-pyrrole nitrogens is 1. The largest absolute Gasteiger partial charge is 0.517 e. The Balaban J connectivity index is 1.59. The van der Waals surface area contributed by atoms with Gasteiger partial charge in [-0.3, -0.25) is 4.79 Å². The number of para-hydroxylation sites is 1. The summed E-state index contributed by atoms with van der Waals surface area (Å²) >= 11 is 0. The van der Waals surface area contributed by atoms with E-state index in [2.05, 4.69) is 20.6 Å². The number of benzene rings is 2. The number of alkyl halides is 3. The molecule has 0 bridgehead atoms. The monoisotopic (exact) mass is 491 g/mol. The summed E-state index contributed by atoms with van der Waals surface area (Å²) in [6, 6.07) is 10.8. The van der Waals surface area contributed by atoms with Gasteiger partial charge >= 0.3 is 15.5 Å². The van der Waals surface area contributed by atoms with E-state index in [1.807, 2.05) is 12.1 Å². The number of fused-ring (bicyclic) bond motifs is 2. The summed E-state index contributed by atoms with van der Waals surface area (Å²) in [6.07, 6.45) is 3.02. The fourth-order valence-electron chi connectivity index (χ4n) is 4.25. The van der Waals surface area contributed by atoms with Gasteiger partial charge in [-0.1, -0.05) is 18.2 Å². The smallest absolute Gasteiger partial charge is 0.361 e. The molecule has 0 unspecified atom stereocenters. The molecule has 8 nitrogen and oxygen atoms in total. The van der Waals surface area contributed by atoms with E-state index in [9.17, 15) is 26.4 Å². The normalized spacial score (nSPS) is 17.0. The number of aromatic nitrogens is 3. The van der Waals surface area contributed by atoms with Crippen LogP contribution in [0.5, 0.6) is 0 Å². The number of rotatable bonds is 5. The van der Waals surface area contributed by atoms with E-state index in [0.717, 1.165) is 23.9 Å². The highest BCUT2D eigenvalue weighted by Crippen LogP contribution is 2.32. The average Bonchev–Trinajstić information content (AvgIpc) is 3.52. The Hall–Kier alpha value is -3.38. The maximum Gasteiger partial charge on any atom is 0.517 e. The first-order chi connectivity index (χ1) is 16.1. The van der Waals surface area contributed by atoms with Crippen molar-refractivity contribution in [1.82, 2.24) is 19.3 Å². The van der Waals surface area contributed by atoms with Crippen LogP contribution in [-0.4, -0.2) is 46.4 Å². The number of anilines is 1.